The van der Waals surface area contributed by atoms with Crippen molar-refractivity contribution in [3.05, 3.63) is 0 Å². The van der Waals surface area contributed by atoms with E-state index in [9.17, 15) is 14.7 Å². The molecule has 1 N–H and O–H groups in total. The summed E-state index contributed by atoms with van der Waals surface area (Å²) in [5.41, 5.74) is -1.62. The average molecular weight is 254 g/mol. The molecule has 0 fully saturated rings. The number of esters is 1. The SMILES string of the molecule is COC(=O)CC(=O)C(C)(C)CCC#CC(C)(C)O. The zero-order valence-electron chi connectivity index (χ0n) is 11.8. The zero-order valence-corrected chi connectivity index (χ0v) is 11.8. The van der Waals surface area contributed by atoms with Crippen LogP contribution in [0.1, 0.15) is 47.0 Å². The Morgan fingerprint density at radius 2 is 1.78 bits per heavy atom. The second-order valence-corrected chi connectivity index (χ2v) is 5.42. The molecule has 0 saturated carbocycles. The molecule has 0 saturated heterocycles. The highest BCUT2D eigenvalue weighted by Crippen LogP contribution is 2.25. The van der Waals surface area contributed by atoms with Gasteiger partial charge in [-0.3, -0.25) is 9.59 Å². The number of hydrogen-bond acceptors (Lipinski definition) is 4. The molecule has 0 spiro atoms. The van der Waals surface area contributed by atoms with Gasteiger partial charge in [0, 0.05) is 11.8 Å². The summed E-state index contributed by atoms with van der Waals surface area (Å²) in [6.07, 6.45) is 0.845. The van der Waals surface area contributed by atoms with Gasteiger partial charge in [0.1, 0.15) is 17.8 Å². The van der Waals surface area contributed by atoms with Crippen molar-refractivity contribution in [2.75, 3.05) is 7.11 Å². The Kier molecular flexibility index (Phi) is 6.07. The lowest BCUT2D eigenvalue weighted by atomic mass is 9.82. The van der Waals surface area contributed by atoms with E-state index in [0.29, 0.717) is 12.8 Å². The van der Waals surface area contributed by atoms with Crippen molar-refractivity contribution in [2.24, 2.45) is 5.41 Å². The Labute approximate surface area is 109 Å². The minimum absolute atomic E-state index is 0.153. The van der Waals surface area contributed by atoms with Crippen LogP contribution in [0.15, 0.2) is 0 Å². The Balaban J connectivity index is 4.34. The fourth-order valence-corrected chi connectivity index (χ4v) is 1.24. The van der Waals surface area contributed by atoms with Crippen LogP contribution in [0.3, 0.4) is 0 Å². The van der Waals surface area contributed by atoms with Gasteiger partial charge in [0.2, 0.25) is 0 Å². The molecule has 0 aromatic carbocycles. The third-order valence-corrected chi connectivity index (χ3v) is 2.56. The standard InChI is InChI=1S/C14H22O4/c1-13(2,11(15)10-12(16)18-5)8-6-7-9-14(3,4)17/h17H,6,8,10H2,1-5H3. The first-order valence-electron chi connectivity index (χ1n) is 5.91. The molecule has 0 aliphatic heterocycles. The fourth-order valence-electron chi connectivity index (χ4n) is 1.24. The van der Waals surface area contributed by atoms with Crippen LogP contribution in [0, 0.1) is 17.3 Å². The van der Waals surface area contributed by atoms with E-state index in [4.69, 9.17) is 0 Å². The maximum absolute atomic E-state index is 11.8. The summed E-state index contributed by atoms with van der Waals surface area (Å²) < 4.78 is 4.47. The molecule has 0 rings (SSSR count). The Hall–Kier alpha value is -1.34. The van der Waals surface area contributed by atoms with E-state index in [1.54, 1.807) is 27.7 Å². The quantitative estimate of drug-likeness (QED) is 0.461. The smallest absolute Gasteiger partial charge is 0.313 e. The summed E-state index contributed by atoms with van der Waals surface area (Å²) >= 11 is 0. The Morgan fingerprint density at radius 1 is 1.22 bits per heavy atom. The molecule has 0 unspecified atom stereocenters. The average Bonchev–Trinajstić information content (AvgIpc) is 2.23. The van der Waals surface area contributed by atoms with E-state index in [1.165, 1.54) is 7.11 Å². The first kappa shape index (κ1) is 16.7. The van der Waals surface area contributed by atoms with E-state index < -0.39 is 17.0 Å². The van der Waals surface area contributed by atoms with Crippen LogP contribution in [0.25, 0.3) is 0 Å². The van der Waals surface area contributed by atoms with E-state index >= 15 is 0 Å². The van der Waals surface area contributed by atoms with Gasteiger partial charge < -0.3 is 9.84 Å². The zero-order chi connectivity index (χ0) is 14.4. The van der Waals surface area contributed by atoms with E-state index in [-0.39, 0.29) is 12.2 Å². The molecular weight excluding hydrogens is 232 g/mol. The van der Waals surface area contributed by atoms with E-state index in [1.807, 2.05) is 0 Å². The first-order valence-corrected chi connectivity index (χ1v) is 5.91. The monoisotopic (exact) mass is 254 g/mol. The second-order valence-electron chi connectivity index (χ2n) is 5.42. The Bertz CT molecular complexity index is 363. The summed E-state index contributed by atoms with van der Waals surface area (Å²) in [6, 6.07) is 0. The van der Waals surface area contributed by atoms with Gasteiger partial charge in [0.25, 0.3) is 0 Å². The molecular formula is C14H22O4. The molecule has 0 aliphatic carbocycles. The summed E-state index contributed by atoms with van der Waals surface area (Å²) in [6.45, 7) is 6.77. The predicted octanol–water partition coefficient (Wildman–Crippen LogP) is 1.70. The maximum atomic E-state index is 11.8. The maximum Gasteiger partial charge on any atom is 0.313 e. The third kappa shape index (κ3) is 7.08. The number of aliphatic hydroxyl groups is 1. The first-order chi connectivity index (χ1) is 8.08. The highest BCUT2D eigenvalue weighted by Gasteiger charge is 2.28. The minimum Gasteiger partial charge on any atom is -0.469 e. The lowest BCUT2D eigenvalue weighted by Gasteiger charge is -2.21. The van der Waals surface area contributed by atoms with E-state index in [2.05, 4.69) is 16.6 Å². The van der Waals surface area contributed by atoms with Gasteiger partial charge in [0.15, 0.2) is 0 Å². The van der Waals surface area contributed by atoms with Crippen LogP contribution in [0.2, 0.25) is 0 Å². The van der Waals surface area contributed by atoms with Crippen LogP contribution < -0.4 is 0 Å². The summed E-state index contributed by atoms with van der Waals surface area (Å²) in [5, 5.41) is 9.41. The molecule has 0 radical (unpaired) electrons. The lowest BCUT2D eigenvalue weighted by molar-refractivity contribution is -0.145. The highest BCUT2D eigenvalue weighted by molar-refractivity contribution is 5.98. The summed E-state index contributed by atoms with van der Waals surface area (Å²) in [7, 11) is 1.26. The summed E-state index contributed by atoms with van der Waals surface area (Å²) in [4.78, 5) is 22.9. The second kappa shape index (κ2) is 6.55. The minimum atomic E-state index is -1.01. The number of ketones is 1. The van der Waals surface area contributed by atoms with Crippen LogP contribution in [0.5, 0.6) is 0 Å². The molecule has 102 valence electrons. The summed E-state index contributed by atoms with van der Waals surface area (Å²) in [5.74, 6) is 4.85. The molecule has 0 bridgehead atoms. The van der Waals surface area contributed by atoms with Crippen molar-refractivity contribution in [1.29, 1.82) is 0 Å². The number of Topliss-reactive ketones (excluding diaryl/α,β-unsaturated/α-hetero) is 1. The molecule has 0 aromatic rings. The number of ether oxygens (including phenoxy) is 1. The van der Waals surface area contributed by atoms with E-state index in [0.717, 1.165) is 0 Å². The van der Waals surface area contributed by atoms with Crippen molar-refractivity contribution in [1.82, 2.24) is 0 Å². The molecule has 0 aromatic heterocycles. The van der Waals surface area contributed by atoms with Crippen molar-refractivity contribution >= 4 is 11.8 Å². The molecule has 0 heterocycles. The molecule has 0 amide bonds. The highest BCUT2D eigenvalue weighted by atomic mass is 16.5. The van der Waals surface area contributed by atoms with Crippen LogP contribution >= 0.6 is 0 Å². The molecule has 0 aliphatic rings. The molecule has 4 heteroatoms. The van der Waals surface area contributed by atoms with Crippen molar-refractivity contribution in [2.45, 2.75) is 52.6 Å². The van der Waals surface area contributed by atoms with Gasteiger partial charge >= 0.3 is 5.97 Å². The van der Waals surface area contributed by atoms with Gasteiger partial charge in [-0.1, -0.05) is 19.8 Å². The van der Waals surface area contributed by atoms with Gasteiger partial charge in [-0.25, -0.2) is 0 Å². The normalized spacial score (nSPS) is 11.4. The van der Waals surface area contributed by atoms with Gasteiger partial charge in [-0.15, -0.1) is 5.92 Å². The topological polar surface area (TPSA) is 63.6 Å². The van der Waals surface area contributed by atoms with Gasteiger partial charge in [0.05, 0.1) is 7.11 Å². The predicted molar refractivity (Wildman–Crippen MR) is 68.7 cm³/mol. The van der Waals surface area contributed by atoms with Crippen molar-refractivity contribution < 1.29 is 19.4 Å². The van der Waals surface area contributed by atoms with Crippen molar-refractivity contribution in [3.63, 3.8) is 0 Å². The van der Waals surface area contributed by atoms with Crippen molar-refractivity contribution in [3.8, 4) is 11.8 Å². The number of methoxy groups -OCH3 is 1. The fraction of sp³-hybridized carbons (Fsp3) is 0.714. The molecule has 4 nitrogen and oxygen atoms in total. The third-order valence-electron chi connectivity index (χ3n) is 2.56. The van der Waals surface area contributed by atoms with Gasteiger partial charge in [-0.2, -0.15) is 0 Å². The number of carbonyl (C=O) groups is 2. The number of rotatable bonds is 5. The molecule has 0 atom stereocenters. The number of carbonyl (C=O) groups excluding carboxylic acids is 2. The molecule has 18 heavy (non-hydrogen) atoms. The Morgan fingerprint density at radius 3 is 2.22 bits per heavy atom. The lowest BCUT2D eigenvalue weighted by Crippen LogP contribution is -2.26. The van der Waals surface area contributed by atoms with Crippen LogP contribution in [-0.2, 0) is 14.3 Å². The van der Waals surface area contributed by atoms with Crippen LogP contribution in [0.4, 0.5) is 0 Å². The number of hydrogen-bond donors (Lipinski definition) is 1. The van der Waals surface area contributed by atoms with Crippen LogP contribution in [-0.4, -0.2) is 29.6 Å². The largest absolute Gasteiger partial charge is 0.469 e. The van der Waals surface area contributed by atoms with Gasteiger partial charge in [-0.05, 0) is 20.3 Å².